The fraction of sp³-hybridized carbons (Fsp3) is 0.909. The van der Waals surface area contributed by atoms with E-state index in [2.05, 4.69) is 5.32 Å². The Morgan fingerprint density at radius 3 is 2.40 bits per heavy atom. The predicted octanol–water partition coefficient (Wildman–Crippen LogP) is 0.604. The number of nitrogens with one attached hydrogen (secondary N) is 1. The summed E-state index contributed by atoms with van der Waals surface area (Å²) < 4.78 is 0. The topological polar surface area (TPSA) is 52.6 Å². The van der Waals surface area contributed by atoms with Gasteiger partial charge in [-0.15, -0.1) is 0 Å². The average molecular weight is 216 g/mol. The summed E-state index contributed by atoms with van der Waals surface area (Å²) in [6.07, 6.45) is 1.30. The Morgan fingerprint density at radius 2 is 2.07 bits per heavy atom. The fourth-order valence-electron chi connectivity index (χ4n) is 1.35. The van der Waals surface area contributed by atoms with Gasteiger partial charge in [-0.05, 0) is 20.3 Å². The maximum atomic E-state index is 11.4. The molecule has 0 spiro atoms. The number of aliphatic hydroxyl groups excluding tert-OH is 1. The third kappa shape index (κ3) is 5.14. The Kier molecular flexibility index (Phi) is 5.83. The Labute approximate surface area is 92.7 Å². The smallest absolute Gasteiger partial charge is 0.223 e. The number of rotatable bonds is 6. The van der Waals surface area contributed by atoms with E-state index in [1.54, 1.807) is 19.0 Å². The lowest BCUT2D eigenvalue weighted by Crippen LogP contribution is -2.50. The van der Waals surface area contributed by atoms with Crippen molar-refractivity contribution < 1.29 is 9.90 Å². The highest BCUT2D eigenvalue weighted by atomic mass is 16.3. The molecule has 0 fully saturated rings. The highest BCUT2D eigenvalue weighted by Crippen LogP contribution is 2.10. The van der Waals surface area contributed by atoms with Crippen LogP contribution in [0.4, 0.5) is 0 Å². The molecule has 2 atom stereocenters. The molecule has 0 aliphatic carbocycles. The van der Waals surface area contributed by atoms with Gasteiger partial charge >= 0.3 is 0 Å². The summed E-state index contributed by atoms with van der Waals surface area (Å²) in [6, 6.07) is 0.0806. The number of aliphatic hydroxyl groups is 1. The molecule has 0 aromatic heterocycles. The van der Waals surface area contributed by atoms with Crippen molar-refractivity contribution in [3.05, 3.63) is 0 Å². The van der Waals surface area contributed by atoms with Crippen molar-refractivity contribution >= 4 is 5.91 Å². The van der Waals surface area contributed by atoms with Crippen molar-refractivity contribution in [2.45, 2.75) is 45.2 Å². The van der Waals surface area contributed by atoms with Crippen molar-refractivity contribution in [2.24, 2.45) is 0 Å². The van der Waals surface area contributed by atoms with Crippen LogP contribution in [0.25, 0.3) is 0 Å². The third-order valence-corrected chi connectivity index (χ3v) is 2.70. The zero-order valence-electron chi connectivity index (χ0n) is 10.5. The van der Waals surface area contributed by atoms with Crippen LogP contribution in [0.5, 0.6) is 0 Å². The van der Waals surface area contributed by atoms with Gasteiger partial charge in [-0.1, -0.05) is 6.92 Å². The molecular formula is C11H24N2O2. The van der Waals surface area contributed by atoms with Gasteiger partial charge in [0.15, 0.2) is 0 Å². The van der Waals surface area contributed by atoms with E-state index in [1.807, 2.05) is 20.8 Å². The van der Waals surface area contributed by atoms with Crippen LogP contribution in [-0.4, -0.2) is 48.2 Å². The molecule has 0 radical (unpaired) electrons. The van der Waals surface area contributed by atoms with Gasteiger partial charge in [0.25, 0.3) is 0 Å². The molecule has 90 valence electrons. The first kappa shape index (κ1) is 14.4. The van der Waals surface area contributed by atoms with Gasteiger partial charge in [-0.25, -0.2) is 0 Å². The van der Waals surface area contributed by atoms with Crippen LogP contribution in [0.2, 0.25) is 0 Å². The molecule has 0 saturated carbocycles. The summed E-state index contributed by atoms with van der Waals surface area (Å²) in [5.41, 5.74) is -0.286. The number of nitrogens with zero attached hydrogens (tertiary/aromatic N) is 1. The van der Waals surface area contributed by atoms with Crippen LogP contribution in [0.3, 0.4) is 0 Å². The van der Waals surface area contributed by atoms with Gasteiger partial charge < -0.3 is 15.3 Å². The Bertz CT molecular complexity index is 201. The first-order valence-electron chi connectivity index (χ1n) is 5.43. The van der Waals surface area contributed by atoms with E-state index in [0.717, 1.165) is 6.42 Å². The summed E-state index contributed by atoms with van der Waals surface area (Å²) in [5, 5.41) is 12.5. The van der Waals surface area contributed by atoms with E-state index >= 15 is 0 Å². The largest absolute Gasteiger partial charge is 0.394 e. The molecule has 0 aliphatic rings. The summed E-state index contributed by atoms with van der Waals surface area (Å²) in [4.78, 5) is 13.0. The Morgan fingerprint density at radius 1 is 1.53 bits per heavy atom. The highest BCUT2D eigenvalue weighted by Gasteiger charge is 2.23. The van der Waals surface area contributed by atoms with Gasteiger partial charge in [-0.3, -0.25) is 4.79 Å². The van der Waals surface area contributed by atoms with Crippen LogP contribution < -0.4 is 5.32 Å². The highest BCUT2D eigenvalue weighted by molar-refractivity contribution is 5.76. The Hall–Kier alpha value is -0.610. The number of hydrogen-bond donors (Lipinski definition) is 2. The van der Waals surface area contributed by atoms with E-state index in [-0.39, 0.29) is 24.1 Å². The molecular weight excluding hydrogens is 192 g/mol. The second kappa shape index (κ2) is 6.08. The molecule has 4 heteroatoms. The molecule has 2 N–H and O–H groups in total. The van der Waals surface area contributed by atoms with Crippen molar-refractivity contribution in [1.29, 1.82) is 0 Å². The molecule has 2 unspecified atom stereocenters. The van der Waals surface area contributed by atoms with E-state index in [1.165, 1.54) is 0 Å². The van der Waals surface area contributed by atoms with Crippen LogP contribution in [0, 0.1) is 0 Å². The predicted molar refractivity (Wildman–Crippen MR) is 61.7 cm³/mol. The van der Waals surface area contributed by atoms with Gasteiger partial charge in [0.1, 0.15) is 0 Å². The monoisotopic (exact) mass is 216 g/mol. The maximum absolute atomic E-state index is 11.4. The minimum absolute atomic E-state index is 0.0806. The van der Waals surface area contributed by atoms with Crippen molar-refractivity contribution in [3.63, 3.8) is 0 Å². The molecule has 1 amide bonds. The zero-order chi connectivity index (χ0) is 12.1. The van der Waals surface area contributed by atoms with E-state index < -0.39 is 0 Å². The first-order valence-corrected chi connectivity index (χ1v) is 5.43. The van der Waals surface area contributed by atoms with Crippen LogP contribution >= 0.6 is 0 Å². The summed E-state index contributed by atoms with van der Waals surface area (Å²) in [7, 11) is 3.50. The lowest BCUT2D eigenvalue weighted by Gasteiger charge is -2.31. The average Bonchev–Trinajstić information content (AvgIpc) is 2.17. The van der Waals surface area contributed by atoms with E-state index in [0.29, 0.717) is 6.42 Å². The van der Waals surface area contributed by atoms with E-state index in [9.17, 15) is 9.90 Å². The molecule has 0 saturated heterocycles. The first-order chi connectivity index (χ1) is 6.84. The third-order valence-electron chi connectivity index (χ3n) is 2.70. The normalized spacial score (nSPS) is 16.9. The number of carbonyl (C=O) groups excluding carboxylic acids is 1. The van der Waals surface area contributed by atoms with Gasteiger partial charge in [0.05, 0.1) is 6.61 Å². The minimum Gasteiger partial charge on any atom is -0.394 e. The molecule has 0 heterocycles. The van der Waals surface area contributed by atoms with Gasteiger partial charge in [-0.2, -0.15) is 0 Å². The van der Waals surface area contributed by atoms with Gasteiger partial charge in [0.2, 0.25) is 5.91 Å². The SMILES string of the molecule is CCC(C)(CO)NC(C)CC(=O)N(C)C. The number of hydrogen-bond acceptors (Lipinski definition) is 3. The molecule has 0 rings (SSSR count). The minimum atomic E-state index is -0.286. The summed E-state index contributed by atoms with van der Waals surface area (Å²) in [6.45, 7) is 6.03. The number of amides is 1. The van der Waals surface area contributed by atoms with Crippen LogP contribution in [0.15, 0.2) is 0 Å². The fourth-order valence-corrected chi connectivity index (χ4v) is 1.35. The quantitative estimate of drug-likeness (QED) is 0.684. The molecule has 0 bridgehead atoms. The van der Waals surface area contributed by atoms with E-state index in [4.69, 9.17) is 0 Å². The van der Waals surface area contributed by atoms with Crippen molar-refractivity contribution in [1.82, 2.24) is 10.2 Å². The molecule has 4 nitrogen and oxygen atoms in total. The number of carbonyl (C=O) groups is 1. The standard InChI is InChI=1S/C11H24N2O2/c1-6-11(3,8-14)12-9(2)7-10(15)13(4)5/h9,12,14H,6-8H2,1-5H3. The second-order valence-electron chi connectivity index (χ2n) is 4.61. The molecule has 0 aliphatic heterocycles. The molecule has 15 heavy (non-hydrogen) atoms. The van der Waals surface area contributed by atoms with Gasteiger partial charge in [0, 0.05) is 32.1 Å². The summed E-state index contributed by atoms with van der Waals surface area (Å²) in [5.74, 6) is 0.103. The van der Waals surface area contributed by atoms with Crippen molar-refractivity contribution in [2.75, 3.05) is 20.7 Å². The second-order valence-corrected chi connectivity index (χ2v) is 4.61. The lowest BCUT2D eigenvalue weighted by molar-refractivity contribution is -0.129. The molecule has 0 aromatic rings. The maximum Gasteiger partial charge on any atom is 0.223 e. The lowest BCUT2D eigenvalue weighted by atomic mass is 9.98. The summed E-state index contributed by atoms with van der Waals surface area (Å²) >= 11 is 0. The molecule has 0 aromatic carbocycles. The van der Waals surface area contributed by atoms with Crippen molar-refractivity contribution in [3.8, 4) is 0 Å². The van der Waals surface area contributed by atoms with Crippen LogP contribution in [0.1, 0.15) is 33.6 Å². The Balaban J connectivity index is 4.13. The van der Waals surface area contributed by atoms with Crippen LogP contribution in [-0.2, 0) is 4.79 Å². The zero-order valence-corrected chi connectivity index (χ0v) is 10.5.